The maximum atomic E-state index is 12.9. The van der Waals surface area contributed by atoms with Crippen LogP contribution in [-0.4, -0.2) is 15.2 Å². The molecule has 3 aromatic rings. The van der Waals surface area contributed by atoms with Crippen LogP contribution in [0.25, 0.3) is 11.4 Å². The first-order valence-corrected chi connectivity index (χ1v) is 7.93. The predicted octanol–water partition coefficient (Wildman–Crippen LogP) is 4.52. The highest BCUT2D eigenvalue weighted by Crippen LogP contribution is 2.24. The highest BCUT2D eigenvalue weighted by Gasteiger charge is 2.14. The topological polar surface area (TPSA) is 53.6 Å². The Labute approximate surface area is 141 Å². The van der Waals surface area contributed by atoms with Gasteiger partial charge in [0, 0.05) is 11.3 Å². The number of nitrogens with one attached hydrogen (secondary N) is 2. The normalized spacial score (nSPS) is 11.5. The highest BCUT2D eigenvalue weighted by molar-refractivity contribution is 5.55. The summed E-state index contributed by atoms with van der Waals surface area (Å²) in [5.74, 6) is 1.15. The fraction of sp³-hybridized carbons (Fsp3) is 0.263. The van der Waals surface area contributed by atoms with Gasteiger partial charge in [-0.15, -0.1) is 0 Å². The zero-order valence-corrected chi connectivity index (χ0v) is 14.1. The van der Waals surface area contributed by atoms with Crippen LogP contribution in [0.2, 0.25) is 0 Å². The standard InChI is InChI=1S/C19H21FN4/c1-19(2,3)14-6-4-13(5-7-14)18-22-17(23-24-18)12-21-16-10-8-15(20)9-11-16/h4-11,21H,12H2,1-3H3,(H,22,23,24). The molecule has 2 N–H and O–H groups in total. The molecule has 0 bridgehead atoms. The van der Waals surface area contributed by atoms with Crippen molar-refractivity contribution >= 4 is 5.69 Å². The Morgan fingerprint density at radius 3 is 2.29 bits per heavy atom. The van der Waals surface area contributed by atoms with Crippen LogP contribution in [0, 0.1) is 5.82 Å². The molecule has 1 heterocycles. The Bertz CT molecular complexity index is 799. The molecule has 3 rings (SSSR count). The van der Waals surface area contributed by atoms with Crippen LogP contribution in [0.1, 0.15) is 32.2 Å². The number of halogens is 1. The Hall–Kier alpha value is -2.69. The molecule has 0 amide bonds. The van der Waals surface area contributed by atoms with Crippen LogP contribution >= 0.6 is 0 Å². The zero-order chi connectivity index (χ0) is 17.2. The van der Waals surface area contributed by atoms with E-state index in [1.165, 1.54) is 17.7 Å². The summed E-state index contributed by atoms with van der Waals surface area (Å²) < 4.78 is 12.9. The molecule has 0 radical (unpaired) electrons. The number of benzene rings is 2. The van der Waals surface area contributed by atoms with Gasteiger partial charge in [0.05, 0.1) is 6.54 Å². The number of anilines is 1. The van der Waals surface area contributed by atoms with Gasteiger partial charge in [-0.25, -0.2) is 9.37 Å². The summed E-state index contributed by atoms with van der Waals surface area (Å²) >= 11 is 0. The van der Waals surface area contributed by atoms with E-state index in [0.717, 1.165) is 17.1 Å². The van der Waals surface area contributed by atoms with Crippen LogP contribution in [0.5, 0.6) is 0 Å². The number of H-pyrrole nitrogens is 1. The van der Waals surface area contributed by atoms with E-state index in [1.807, 2.05) is 12.1 Å². The molecule has 0 aliphatic rings. The Kier molecular flexibility index (Phi) is 4.34. The highest BCUT2D eigenvalue weighted by atomic mass is 19.1. The molecule has 0 aliphatic heterocycles. The third-order valence-corrected chi connectivity index (χ3v) is 3.85. The van der Waals surface area contributed by atoms with Crippen LogP contribution in [0.4, 0.5) is 10.1 Å². The monoisotopic (exact) mass is 324 g/mol. The van der Waals surface area contributed by atoms with Gasteiger partial charge in [0.1, 0.15) is 11.6 Å². The summed E-state index contributed by atoms with van der Waals surface area (Å²) in [6, 6.07) is 14.5. The second-order valence-corrected chi connectivity index (χ2v) is 6.79. The van der Waals surface area contributed by atoms with Crippen molar-refractivity contribution in [3.05, 3.63) is 65.7 Å². The summed E-state index contributed by atoms with van der Waals surface area (Å²) in [6.07, 6.45) is 0. The van der Waals surface area contributed by atoms with E-state index in [9.17, 15) is 4.39 Å². The van der Waals surface area contributed by atoms with Crippen LogP contribution in [0.3, 0.4) is 0 Å². The van der Waals surface area contributed by atoms with Crippen molar-refractivity contribution < 1.29 is 4.39 Å². The summed E-state index contributed by atoms with van der Waals surface area (Å²) in [7, 11) is 0. The minimum Gasteiger partial charge on any atom is -0.378 e. The predicted molar refractivity (Wildman–Crippen MR) is 94.2 cm³/mol. The molecule has 0 saturated carbocycles. The summed E-state index contributed by atoms with van der Waals surface area (Å²) in [5.41, 5.74) is 3.22. The summed E-state index contributed by atoms with van der Waals surface area (Å²) in [4.78, 5) is 4.50. The lowest BCUT2D eigenvalue weighted by Crippen LogP contribution is -2.10. The van der Waals surface area contributed by atoms with E-state index in [1.54, 1.807) is 12.1 Å². The first-order valence-electron chi connectivity index (χ1n) is 7.93. The molecule has 1 aromatic heterocycles. The van der Waals surface area contributed by atoms with Crippen LogP contribution in [0.15, 0.2) is 48.5 Å². The van der Waals surface area contributed by atoms with E-state index in [2.05, 4.69) is 53.4 Å². The van der Waals surface area contributed by atoms with Crippen LogP contribution < -0.4 is 5.32 Å². The lowest BCUT2D eigenvalue weighted by molar-refractivity contribution is 0.590. The minimum absolute atomic E-state index is 0.127. The van der Waals surface area contributed by atoms with Crippen molar-refractivity contribution in [1.82, 2.24) is 15.2 Å². The molecular weight excluding hydrogens is 303 g/mol. The van der Waals surface area contributed by atoms with Gasteiger partial charge in [-0.05, 0) is 35.2 Å². The molecule has 24 heavy (non-hydrogen) atoms. The lowest BCUT2D eigenvalue weighted by Gasteiger charge is -2.18. The van der Waals surface area contributed by atoms with Crippen molar-refractivity contribution in [2.45, 2.75) is 32.7 Å². The molecule has 0 unspecified atom stereocenters. The van der Waals surface area contributed by atoms with E-state index >= 15 is 0 Å². The minimum atomic E-state index is -0.249. The Balaban J connectivity index is 1.68. The third-order valence-electron chi connectivity index (χ3n) is 3.85. The third kappa shape index (κ3) is 3.79. The molecule has 0 saturated heterocycles. The van der Waals surface area contributed by atoms with E-state index < -0.39 is 0 Å². The molecule has 0 fully saturated rings. The maximum absolute atomic E-state index is 12.9. The number of hydrogen-bond donors (Lipinski definition) is 2. The van der Waals surface area contributed by atoms with E-state index in [4.69, 9.17) is 0 Å². The van der Waals surface area contributed by atoms with Crippen molar-refractivity contribution in [3.8, 4) is 11.4 Å². The second-order valence-electron chi connectivity index (χ2n) is 6.79. The van der Waals surface area contributed by atoms with Crippen molar-refractivity contribution in [2.24, 2.45) is 0 Å². The van der Waals surface area contributed by atoms with E-state index in [-0.39, 0.29) is 11.2 Å². The molecule has 0 spiro atoms. The smallest absolute Gasteiger partial charge is 0.181 e. The Morgan fingerprint density at radius 2 is 1.67 bits per heavy atom. The number of rotatable bonds is 4. The molecule has 5 heteroatoms. The van der Waals surface area contributed by atoms with Gasteiger partial charge in [0.25, 0.3) is 0 Å². The molecule has 2 aromatic carbocycles. The van der Waals surface area contributed by atoms with E-state index in [0.29, 0.717) is 12.4 Å². The largest absolute Gasteiger partial charge is 0.378 e. The maximum Gasteiger partial charge on any atom is 0.181 e. The molecular formula is C19H21FN4. The average Bonchev–Trinajstić information content (AvgIpc) is 3.03. The molecule has 0 atom stereocenters. The number of aromatic nitrogens is 3. The van der Waals surface area contributed by atoms with Gasteiger partial charge in [-0.2, -0.15) is 5.10 Å². The SMILES string of the molecule is CC(C)(C)c1ccc(-c2n[nH]c(CNc3ccc(F)cc3)n2)cc1. The molecule has 0 aliphatic carbocycles. The number of nitrogens with zero attached hydrogens (tertiary/aromatic N) is 2. The fourth-order valence-corrected chi connectivity index (χ4v) is 2.38. The Morgan fingerprint density at radius 1 is 1.00 bits per heavy atom. The first-order chi connectivity index (χ1) is 11.4. The van der Waals surface area contributed by atoms with Gasteiger partial charge < -0.3 is 5.32 Å². The van der Waals surface area contributed by atoms with Gasteiger partial charge in [-0.1, -0.05) is 45.0 Å². The molecule has 4 nitrogen and oxygen atoms in total. The second kappa shape index (κ2) is 6.43. The fourth-order valence-electron chi connectivity index (χ4n) is 2.38. The lowest BCUT2D eigenvalue weighted by atomic mass is 9.87. The van der Waals surface area contributed by atoms with Crippen LogP contribution in [-0.2, 0) is 12.0 Å². The number of hydrogen-bond acceptors (Lipinski definition) is 3. The first kappa shape index (κ1) is 16.2. The van der Waals surface area contributed by atoms with Gasteiger partial charge in [0.2, 0.25) is 0 Å². The summed E-state index contributed by atoms with van der Waals surface area (Å²) in [6.45, 7) is 7.06. The van der Waals surface area contributed by atoms with Gasteiger partial charge in [-0.3, -0.25) is 5.10 Å². The average molecular weight is 324 g/mol. The number of aromatic amines is 1. The quantitative estimate of drug-likeness (QED) is 0.742. The van der Waals surface area contributed by atoms with Crippen molar-refractivity contribution in [1.29, 1.82) is 0 Å². The van der Waals surface area contributed by atoms with Gasteiger partial charge in [0.15, 0.2) is 5.82 Å². The van der Waals surface area contributed by atoms with Crippen molar-refractivity contribution in [3.63, 3.8) is 0 Å². The van der Waals surface area contributed by atoms with Gasteiger partial charge >= 0.3 is 0 Å². The van der Waals surface area contributed by atoms with Crippen molar-refractivity contribution in [2.75, 3.05) is 5.32 Å². The summed E-state index contributed by atoms with van der Waals surface area (Å²) in [5, 5.41) is 10.4. The molecule has 124 valence electrons. The zero-order valence-electron chi connectivity index (χ0n) is 14.1.